The molecule has 0 aliphatic rings. The third-order valence-electron chi connectivity index (χ3n) is 2.80. The van der Waals surface area contributed by atoms with Crippen LogP contribution in [0.5, 0.6) is 0 Å². The van der Waals surface area contributed by atoms with Gasteiger partial charge in [0.25, 0.3) is 0 Å². The smallest absolute Gasteiger partial charge is 0.189 e. The third kappa shape index (κ3) is 8.49. The van der Waals surface area contributed by atoms with Gasteiger partial charge in [-0.3, -0.25) is 9.59 Å². The molecule has 0 fully saturated rings. The van der Waals surface area contributed by atoms with E-state index in [1.807, 2.05) is 0 Å². The summed E-state index contributed by atoms with van der Waals surface area (Å²) in [5.74, 6) is -1.36. The Morgan fingerprint density at radius 2 is 1.09 bits per heavy atom. The van der Waals surface area contributed by atoms with Crippen molar-refractivity contribution in [2.24, 2.45) is 0 Å². The van der Waals surface area contributed by atoms with Gasteiger partial charge in [0, 0.05) is 6.42 Å². The highest BCUT2D eigenvalue weighted by molar-refractivity contribution is 5.84. The van der Waals surface area contributed by atoms with E-state index in [2.05, 4.69) is 0 Å². The number of hydrogen-bond donors (Lipinski definition) is 7. The maximum absolute atomic E-state index is 10.7. The van der Waals surface area contributed by atoms with Gasteiger partial charge in [-0.25, -0.2) is 0 Å². The van der Waals surface area contributed by atoms with E-state index < -0.39 is 54.8 Å². The Labute approximate surface area is 128 Å². The van der Waals surface area contributed by atoms with Crippen molar-refractivity contribution < 1.29 is 45.3 Å². The highest BCUT2D eigenvalue weighted by atomic mass is 16.4. The predicted octanol–water partition coefficient (Wildman–Crippen LogP) is -3.28. The number of hydrogen-bond acceptors (Lipinski definition) is 9. The summed E-state index contributed by atoms with van der Waals surface area (Å²) < 4.78 is 0. The molecule has 132 valence electrons. The van der Waals surface area contributed by atoms with E-state index in [0.717, 1.165) is 0 Å². The molecule has 0 rings (SSSR count). The van der Waals surface area contributed by atoms with Gasteiger partial charge in [-0.05, 0) is 13.8 Å². The summed E-state index contributed by atoms with van der Waals surface area (Å²) in [5.41, 5.74) is 0. The molecule has 0 amide bonds. The summed E-state index contributed by atoms with van der Waals surface area (Å²) in [6, 6.07) is 0. The van der Waals surface area contributed by atoms with Crippen LogP contribution in [0.3, 0.4) is 0 Å². The topological polar surface area (TPSA) is 176 Å². The maximum Gasteiger partial charge on any atom is 0.189 e. The number of ketones is 2. The van der Waals surface area contributed by atoms with Crippen LogP contribution in [0.25, 0.3) is 0 Å². The van der Waals surface area contributed by atoms with Crippen LogP contribution in [0.15, 0.2) is 0 Å². The highest BCUT2D eigenvalue weighted by Gasteiger charge is 2.27. The standard InChI is InChI=1S/C7H14O4.C6H12O5/c1-3-5(9)7(11)6(10)4(2)8;1-3(8)5(10)6(11)4(9)2-7/h4,6-8,10-11H,3H2,1-2H3;3,5-8,10-11H,2H2,1H3/t4-,6+,7-;3-,5+,6-/m00/s1. The van der Waals surface area contributed by atoms with E-state index in [1.165, 1.54) is 13.8 Å². The van der Waals surface area contributed by atoms with Crippen LogP contribution in [0.4, 0.5) is 0 Å². The molecule has 0 unspecified atom stereocenters. The second-order valence-corrected chi connectivity index (χ2v) is 4.80. The Bertz CT molecular complexity index is 297. The van der Waals surface area contributed by atoms with Crippen molar-refractivity contribution in [1.82, 2.24) is 0 Å². The molecule has 0 aliphatic carbocycles. The molecule has 0 aliphatic heterocycles. The van der Waals surface area contributed by atoms with Crippen molar-refractivity contribution in [3.8, 4) is 0 Å². The number of aliphatic hydroxyl groups is 7. The summed E-state index contributed by atoms with van der Waals surface area (Å²) in [6.07, 6.45) is -8.19. The van der Waals surface area contributed by atoms with Crippen LogP contribution in [-0.2, 0) is 9.59 Å². The molecule has 22 heavy (non-hydrogen) atoms. The summed E-state index contributed by atoms with van der Waals surface area (Å²) in [4.78, 5) is 21.2. The Kier molecular flexibility index (Phi) is 12.3. The second-order valence-electron chi connectivity index (χ2n) is 4.80. The lowest BCUT2D eigenvalue weighted by atomic mass is 10.0. The molecule has 9 heteroatoms. The van der Waals surface area contributed by atoms with Crippen molar-refractivity contribution in [2.75, 3.05) is 6.61 Å². The Morgan fingerprint density at radius 3 is 1.32 bits per heavy atom. The number of rotatable bonds is 8. The first-order valence-corrected chi connectivity index (χ1v) is 6.75. The summed E-state index contributed by atoms with van der Waals surface area (Å²) in [7, 11) is 0. The molecule has 0 saturated carbocycles. The zero-order valence-corrected chi connectivity index (χ0v) is 12.8. The van der Waals surface area contributed by atoms with Crippen LogP contribution in [0.2, 0.25) is 0 Å². The van der Waals surface area contributed by atoms with Crippen molar-refractivity contribution in [3.05, 3.63) is 0 Å². The summed E-state index contributed by atoms with van der Waals surface area (Å²) in [5, 5.41) is 61.4. The molecule has 7 N–H and O–H groups in total. The zero-order chi connectivity index (χ0) is 18.0. The molecular formula is C13H26O9. The van der Waals surface area contributed by atoms with Crippen molar-refractivity contribution in [2.45, 2.75) is 63.8 Å². The van der Waals surface area contributed by atoms with Crippen LogP contribution >= 0.6 is 0 Å². The van der Waals surface area contributed by atoms with Gasteiger partial charge < -0.3 is 35.7 Å². The van der Waals surface area contributed by atoms with E-state index in [-0.39, 0.29) is 6.42 Å². The van der Waals surface area contributed by atoms with Crippen LogP contribution in [0, 0.1) is 0 Å². The molecule has 9 nitrogen and oxygen atoms in total. The average molecular weight is 326 g/mol. The minimum absolute atomic E-state index is 0.158. The van der Waals surface area contributed by atoms with Gasteiger partial charge in [-0.1, -0.05) is 6.92 Å². The lowest BCUT2D eigenvalue weighted by Gasteiger charge is -2.18. The van der Waals surface area contributed by atoms with Gasteiger partial charge in [0.05, 0.1) is 12.2 Å². The van der Waals surface area contributed by atoms with E-state index in [4.69, 9.17) is 35.7 Å². The van der Waals surface area contributed by atoms with E-state index in [9.17, 15) is 9.59 Å². The lowest BCUT2D eigenvalue weighted by Crippen LogP contribution is -2.42. The fourth-order valence-corrected chi connectivity index (χ4v) is 1.21. The third-order valence-corrected chi connectivity index (χ3v) is 2.80. The highest BCUT2D eigenvalue weighted by Crippen LogP contribution is 2.02. The molecule has 0 saturated heterocycles. The molecule has 0 aromatic heterocycles. The Hall–Kier alpha value is -0.940. The van der Waals surface area contributed by atoms with Crippen LogP contribution < -0.4 is 0 Å². The Morgan fingerprint density at radius 1 is 0.773 bits per heavy atom. The first kappa shape index (κ1) is 23.3. The van der Waals surface area contributed by atoms with Gasteiger partial charge >= 0.3 is 0 Å². The number of Topliss-reactive ketones (excluding diaryl/α,β-unsaturated/α-hetero) is 2. The number of carbonyl (C=O) groups excluding carboxylic acids is 2. The first-order chi connectivity index (χ1) is 10.0. The molecule has 0 spiro atoms. The van der Waals surface area contributed by atoms with Gasteiger partial charge in [0.1, 0.15) is 31.0 Å². The Balaban J connectivity index is 0. The SMILES string of the molecule is CCC(=O)[C@H](O)[C@H](O)[C@H](C)O.C[C@H](O)[C@@H](O)[C@@H](O)C(=O)CO. The van der Waals surface area contributed by atoms with Gasteiger partial charge in [0.2, 0.25) is 0 Å². The molecule has 0 bridgehead atoms. The molecular weight excluding hydrogens is 300 g/mol. The fourth-order valence-electron chi connectivity index (χ4n) is 1.21. The van der Waals surface area contributed by atoms with Gasteiger partial charge in [0.15, 0.2) is 11.6 Å². The lowest BCUT2D eigenvalue weighted by molar-refractivity contribution is -0.140. The van der Waals surface area contributed by atoms with Gasteiger partial charge in [-0.2, -0.15) is 0 Å². The summed E-state index contributed by atoms with van der Waals surface area (Å²) >= 11 is 0. The first-order valence-electron chi connectivity index (χ1n) is 6.75. The quantitative estimate of drug-likeness (QED) is 0.241. The maximum atomic E-state index is 10.7. The second kappa shape index (κ2) is 11.6. The van der Waals surface area contributed by atoms with Crippen LogP contribution in [0.1, 0.15) is 27.2 Å². The molecule has 0 heterocycles. The molecule has 0 aromatic rings. The van der Waals surface area contributed by atoms with Crippen LogP contribution in [-0.4, -0.2) is 90.5 Å². The number of aliphatic hydroxyl groups excluding tert-OH is 7. The van der Waals surface area contributed by atoms with Crippen molar-refractivity contribution in [1.29, 1.82) is 0 Å². The minimum Gasteiger partial charge on any atom is -0.391 e. The molecule has 0 radical (unpaired) electrons. The minimum atomic E-state index is -1.71. The largest absolute Gasteiger partial charge is 0.391 e. The predicted molar refractivity (Wildman–Crippen MR) is 74.8 cm³/mol. The zero-order valence-electron chi connectivity index (χ0n) is 12.8. The summed E-state index contributed by atoms with van der Waals surface area (Å²) in [6.45, 7) is 3.29. The van der Waals surface area contributed by atoms with E-state index in [1.54, 1.807) is 6.92 Å². The molecule has 6 atom stereocenters. The van der Waals surface area contributed by atoms with E-state index >= 15 is 0 Å². The number of carbonyl (C=O) groups is 2. The van der Waals surface area contributed by atoms with Crippen molar-refractivity contribution >= 4 is 11.6 Å². The normalized spacial score (nSPS) is 19.0. The van der Waals surface area contributed by atoms with E-state index in [0.29, 0.717) is 0 Å². The monoisotopic (exact) mass is 326 g/mol. The van der Waals surface area contributed by atoms with Gasteiger partial charge in [-0.15, -0.1) is 0 Å². The van der Waals surface area contributed by atoms with Crippen molar-refractivity contribution in [3.63, 3.8) is 0 Å². The fraction of sp³-hybridized carbons (Fsp3) is 0.846. The molecule has 0 aromatic carbocycles. The average Bonchev–Trinajstić information content (AvgIpc) is 2.50.